The Kier molecular flexibility index (Phi) is 5.23. The molecule has 0 bridgehead atoms. The maximum absolute atomic E-state index is 12.6. The lowest BCUT2D eigenvalue weighted by molar-refractivity contribution is -0.136. The van der Waals surface area contributed by atoms with Gasteiger partial charge in [0.25, 0.3) is 5.91 Å². The smallest absolute Gasteiger partial charge is 0.263 e. The number of hydrogen-bond donors (Lipinski definition) is 2. The third kappa shape index (κ3) is 3.31. The summed E-state index contributed by atoms with van der Waals surface area (Å²) in [7, 11) is 0. The molecule has 1 aromatic rings. The summed E-state index contributed by atoms with van der Waals surface area (Å²) in [5.41, 5.74) is 2.82. The van der Waals surface area contributed by atoms with E-state index >= 15 is 0 Å². The largest absolute Gasteiger partial charge is 0.507 e. The van der Waals surface area contributed by atoms with E-state index in [0.29, 0.717) is 18.7 Å². The van der Waals surface area contributed by atoms with E-state index in [2.05, 4.69) is 12.2 Å². The van der Waals surface area contributed by atoms with Gasteiger partial charge in [0.05, 0.1) is 0 Å². The molecule has 4 nitrogen and oxygen atoms in total. The van der Waals surface area contributed by atoms with Crippen LogP contribution in [0.4, 0.5) is 0 Å². The second kappa shape index (κ2) is 6.81. The molecule has 128 valence electrons. The van der Waals surface area contributed by atoms with Gasteiger partial charge in [0, 0.05) is 18.5 Å². The van der Waals surface area contributed by atoms with Crippen molar-refractivity contribution in [1.29, 1.82) is 0 Å². The lowest BCUT2D eigenvalue weighted by Gasteiger charge is -2.36. The van der Waals surface area contributed by atoms with Crippen molar-refractivity contribution < 1.29 is 14.6 Å². The second-order valence-corrected chi connectivity index (χ2v) is 6.83. The summed E-state index contributed by atoms with van der Waals surface area (Å²) >= 11 is 0. The first kappa shape index (κ1) is 17.6. The van der Waals surface area contributed by atoms with Crippen molar-refractivity contribution >= 4 is 5.91 Å². The van der Waals surface area contributed by atoms with Crippen LogP contribution in [-0.2, 0) is 11.2 Å². The van der Waals surface area contributed by atoms with Crippen LogP contribution in [-0.4, -0.2) is 23.2 Å². The Morgan fingerprint density at radius 2 is 1.91 bits per heavy atom. The average Bonchev–Trinajstić information content (AvgIpc) is 2.54. The van der Waals surface area contributed by atoms with Gasteiger partial charge < -0.3 is 15.2 Å². The first-order valence-corrected chi connectivity index (χ1v) is 8.60. The zero-order valence-corrected chi connectivity index (χ0v) is 15.0. The lowest BCUT2D eigenvalue weighted by Crippen LogP contribution is -2.51. The minimum atomic E-state index is -0.834. The van der Waals surface area contributed by atoms with E-state index in [1.54, 1.807) is 0 Å². The molecule has 4 heteroatoms. The fourth-order valence-corrected chi connectivity index (χ4v) is 3.17. The van der Waals surface area contributed by atoms with Gasteiger partial charge in [-0.15, -0.1) is 0 Å². The summed E-state index contributed by atoms with van der Waals surface area (Å²) in [5.74, 6) is 1.08. The van der Waals surface area contributed by atoms with Crippen molar-refractivity contribution in [3.8, 4) is 11.5 Å². The number of benzene rings is 1. The number of unbranched alkanes of at least 4 members (excludes halogenated alkanes) is 2. The number of hydrogen-bond acceptors (Lipinski definition) is 3. The highest BCUT2D eigenvalue weighted by molar-refractivity contribution is 5.85. The van der Waals surface area contributed by atoms with E-state index in [1.165, 1.54) is 0 Å². The molecule has 0 spiro atoms. The number of aromatic hydroxyl groups is 1. The van der Waals surface area contributed by atoms with Gasteiger partial charge in [-0.2, -0.15) is 0 Å². The second-order valence-electron chi connectivity index (χ2n) is 6.83. The van der Waals surface area contributed by atoms with E-state index in [0.717, 1.165) is 53.7 Å². The van der Waals surface area contributed by atoms with Crippen molar-refractivity contribution in [2.24, 2.45) is 0 Å². The van der Waals surface area contributed by atoms with Gasteiger partial charge in [-0.3, -0.25) is 4.79 Å². The first-order valence-electron chi connectivity index (χ1n) is 8.60. The molecule has 2 N–H and O–H groups in total. The van der Waals surface area contributed by atoms with Crippen LogP contribution in [0, 0.1) is 20.8 Å². The number of fused-ring (bicyclic) bond motifs is 1. The minimum Gasteiger partial charge on any atom is -0.507 e. The zero-order valence-electron chi connectivity index (χ0n) is 15.0. The lowest BCUT2D eigenvalue weighted by atomic mass is 9.86. The third-order valence-corrected chi connectivity index (χ3v) is 5.07. The van der Waals surface area contributed by atoms with Crippen LogP contribution >= 0.6 is 0 Å². The van der Waals surface area contributed by atoms with Crippen molar-refractivity contribution in [1.82, 2.24) is 5.32 Å². The van der Waals surface area contributed by atoms with Crippen molar-refractivity contribution in [2.75, 3.05) is 6.54 Å². The maximum atomic E-state index is 12.6. The molecule has 0 radical (unpaired) electrons. The molecule has 0 saturated carbocycles. The molecule has 1 amide bonds. The number of rotatable bonds is 5. The van der Waals surface area contributed by atoms with Gasteiger partial charge in [-0.25, -0.2) is 0 Å². The molecule has 1 atom stereocenters. The highest BCUT2D eigenvalue weighted by Gasteiger charge is 2.40. The van der Waals surface area contributed by atoms with Crippen LogP contribution in [0.2, 0.25) is 0 Å². The normalized spacial score (nSPS) is 19.9. The minimum absolute atomic E-state index is 0.0398. The number of nitrogens with one attached hydrogen (secondary N) is 1. The molecule has 1 aliphatic heterocycles. The molecule has 0 saturated heterocycles. The van der Waals surface area contributed by atoms with Gasteiger partial charge in [-0.05, 0) is 57.2 Å². The highest BCUT2D eigenvalue weighted by atomic mass is 16.5. The quantitative estimate of drug-likeness (QED) is 0.813. The number of carbonyl (C=O) groups is 1. The van der Waals surface area contributed by atoms with Crippen LogP contribution in [0.3, 0.4) is 0 Å². The number of amides is 1. The summed E-state index contributed by atoms with van der Waals surface area (Å²) < 4.78 is 6.16. The van der Waals surface area contributed by atoms with Crippen LogP contribution in [0.15, 0.2) is 0 Å². The zero-order chi connectivity index (χ0) is 17.2. The van der Waals surface area contributed by atoms with Crippen molar-refractivity contribution in [2.45, 2.75) is 72.3 Å². The fraction of sp³-hybridized carbons (Fsp3) is 0.632. The summed E-state index contributed by atoms with van der Waals surface area (Å²) in [6.45, 7) is 10.5. The van der Waals surface area contributed by atoms with Gasteiger partial charge in [0.15, 0.2) is 5.60 Å². The Labute approximate surface area is 139 Å². The monoisotopic (exact) mass is 319 g/mol. The Morgan fingerprint density at radius 1 is 1.22 bits per heavy atom. The van der Waals surface area contributed by atoms with E-state index in [-0.39, 0.29) is 5.91 Å². The first-order chi connectivity index (χ1) is 10.8. The summed E-state index contributed by atoms with van der Waals surface area (Å²) in [6.07, 6.45) is 4.63. The van der Waals surface area contributed by atoms with E-state index in [9.17, 15) is 9.90 Å². The Bertz CT molecular complexity index is 609. The van der Waals surface area contributed by atoms with Gasteiger partial charge in [0.1, 0.15) is 11.5 Å². The van der Waals surface area contributed by atoms with E-state index in [4.69, 9.17) is 4.74 Å². The molecule has 2 rings (SSSR count). The maximum Gasteiger partial charge on any atom is 0.263 e. The molecule has 1 aliphatic rings. The predicted molar refractivity (Wildman–Crippen MR) is 92.2 cm³/mol. The molecular weight excluding hydrogens is 290 g/mol. The summed E-state index contributed by atoms with van der Waals surface area (Å²) in [6, 6.07) is 0. The van der Waals surface area contributed by atoms with Crippen LogP contribution in [0.5, 0.6) is 11.5 Å². The Balaban J connectivity index is 2.20. The Hall–Kier alpha value is -1.71. The number of ether oxygens (including phenoxy) is 1. The van der Waals surface area contributed by atoms with Crippen molar-refractivity contribution in [3.05, 3.63) is 22.3 Å². The van der Waals surface area contributed by atoms with Gasteiger partial charge in [-0.1, -0.05) is 19.8 Å². The van der Waals surface area contributed by atoms with E-state index in [1.807, 2.05) is 27.7 Å². The fourth-order valence-electron chi connectivity index (χ4n) is 3.17. The number of phenolic OH excluding ortho intramolecular Hbond substituents is 1. The molecule has 0 aliphatic carbocycles. The predicted octanol–water partition coefficient (Wildman–Crippen LogP) is 3.71. The standard InChI is InChI=1S/C19H29NO3/c1-6-7-8-11-20-18(22)19(5)10-9-15-14(4)16(21)12(2)13(3)17(15)23-19/h21H,6-11H2,1-5H3,(H,20,22). The Morgan fingerprint density at radius 3 is 2.57 bits per heavy atom. The molecule has 0 fully saturated rings. The van der Waals surface area contributed by atoms with Crippen LogP contribution in [0.25, 0.3) is 0 Å². The van der Waals surface area contributed by atoms with E-state index < -0.39 is 5.60 Å². The highest BCUT2D eigenvalue weighted by Crippen LogP contribution is 2.43. The van der Waals surface area contributed by atoms with Crippen LogP contribution in [0.1, 0.15) is 61.8 Å². The molecule has 1 heterocycles. The molecule has 0 aromatic heterocycles. The molecule has 23 heavy (non-hydrogen) atoms. The third-order valence-electron chi connectivity index (χ3n) is 5.07. The van der Waals surface area contributed by atoms with Gasteiger partial charge in [0.2, 0.25) is 0 Å². The summed E-state index contributed by atoms with van der Waals surface area (Å²) in [5, 5.41) is 13.2. The van der Waals surface area contributed by atoms with Crippen LogP contribution < -0.4 is 10.1 Å². The average molecular weight is 319 g/mol. The van der Waals surface area contributed by atoms with Crippen molar-refractivity contribution in [3.63, 3.8) is 0 Å². The molecule has 1 aromatic carbocycles. The SMILES string of the molecule is CCCCCNC(=O)C1(C)CCc2c(C)c(O)c(C)c(C)c2O1. The summed E-state index contributed by atoms with van der Waals surface area (Å²) in [4.78, 5) is 12.6. The molecular formula is C19H29NO3. The van der Waals surface area contributed by atoms with Gasteiger partial charge >= 0.3 is 0 Å². The number of carbonyl (C=O) groups excluding carboxylic acids is 1. The molecule has 1 unspecified atom stereocenters. The topological polar surface area (TPSA) is 58.6 Å². The number of phenols is 1.